The van der Waals surface area contributed by atoms with Crippen molar-refractivity contribution in [3.63, 3.8) is 0 Å². The van der Waals surface area contributed by atoms with Gasteiger partial charge in [0.05, 0.1) is 6.61 Å². The Hall–Kier alpha value is -1.05. The summed E-state index contributed by atoms with van der Waals surface area (Å²) in [5, 5.41) is 0. The molecule has 2 nitrogen and oxygen atoms in total. The van der Waals surface area contributed by atoms with Gasteiger partial charge in [0.15, 0.2) is 0 Å². The maximum Gasteiger partial charge on any atom is 0.330 e. The number of esters is 1. The Kier molecular flexibility index (Phi) is 5.44. The molecule has 0 rings (SSSR count). The van der Waals surface area contributed by atoms with E-state index in [1.807, 2.05) is 13.0 Å². The van der Waals surface area contributed by atoms with Crippen LogP contribution in [0.15, 0.2) is 24.3 Å². The molecular formula is C8H12O2. The minimum atomic E-state index is -0.291. The third-order valence-electron chi connectivity index (χ3n) is 0.822. The number of carbonyl (C=O) groups is 1. The molecule has 0 radical (unpaired) electrons. The predicted molar refractivity (Wildman–Crippen MR) is 40.6 cm³/mol. The summed E-state index contributed by atoms with van der Waals surface area (Å²) >= 11 is 0. The topological polar surface area (TPSA) is 26.3 Å². The number of rotatable bonds is 3. The van der Waals surface area contributed by atoms with E-state index in [1.165, 1.54) is 6.08 Å². The standard InChI is InChI=1S/C8H12O2/c1-3-5-6-7-8(9)10-4-2/h3,5-7H,4H2,1-2H3. The molecule has 0 saturated heterocycles. The van der Waals surface area contributed by atoms with Crippen molar-refractivity contribution in [3.05, 3.63) is 24.3 Å². The van der Waals surface area contributed by atoms with Crippen molar-refractivity contribution in [2.45, 2.75) is 13.8 Å². The molecule has 0 fully saturated rings. The summed E-state index contributed by atoms with van der Waals surface area (Å²) in [6, 6.07) is 0. The molecule has 0 saturated carbocycles. The lowest BCUT2D eigenvalue weighted by Gasteiger charge is -1.92. The molecular weight excluding hydrogens is 128 g/mol. The maximum absolute atomic E-state index is 10.6. The number of carbonyl (C=O) groups excluding carboxylic acids is 1. The second-order valence-electron chi connectivity index (χ2n) is 1.64. The molecule has 2 heteroatoms. The van der Waals surface area contributed by atoms with Gasteiger partial charge in [0, 0.05) is 6.08 Å². The van der Waals surface area contributed by atoms with E-state index >= 15 is 0 Å². The summed E-state index contributed by atoms with van der Waals surface area (Å²) in [4.78, 5) is 10.6. The molecule has 0 aromatic rings. The average molecular weight is 140 g/mol. The van der Waals surface area contributed by atoms with Crippen molar-refractivity contribution >= 4 is 5.97 Å². The van der Waals surface area contributed by atoms with Crippen LogP contribution in [0.4, 0.5) is 0 Å². The summed E-state index contributed by atoms with van der Waals surface area (Å²) in [6.45, 7) is 4.09. The second-order valence-corrected chi connectivity index (χ2v) is 1.64. The Morgan fingerprint density at radius 2 is 2.20 bits per heavy atom. The van der Waals surface area contributed by atoms with E-state index in [-0.39, 0.29) is 5.97 Å². The zero-order valence-corrected chi connectivity index (χ0v) is 6.33. The molecule has 0 aliphatic heterocycles. The van der Waals surface area contributed by atoms with Gasteiger partial charge in [-0.2, -0.15) is 0 Å². The van der Waals surface area contributed by atoms with E-state index in [4.69, 9.17) is 0 Å². The second kappa shape index (κ2) is 6.08. The molecule has 0 aromatic carbocycles. The minimum absolute atomic E-state index is 0.291. The van der Waals surface area contributed by atoms with Gasteiger partial charge in [0.1, 0.15) is 0 Å². The number of ether oxygens (including phenoxy) is 1. The van der Waals surface area contributed by atoms with Crippen LogP contribution < -0.4 is 0 Å². The van der Waals surface area contributed by atoms with Crippen LogP contribution >= 0.6 is 0 Å². The zero-order valence-electron chi connectivity index (χ0n) is 6.33. The van der Waals surface area contributed by atoms with Gasteiger partial charge in [0.2, 0.25) is 0 Å². The fourth-order valence-electron chi connectivity index (χ4n) is 0.436. The van der Waals surface area contributed by atoms with E-state index in [1.54, 1.807) is 19.1 Å². The molecule has 56 valence electrons. The first kappa shape index (κ1) is 8.95. The van der Waals surface area contributed by atoms with Crippen molar-refractivity contribution in [1.82, 2.24) is 0 Å². The van der Waals surface area contributed by atoms with Gasteiger partial charge in [-0.05, 0) is 13.8 Å². The summed E-state index contributed by atoms with van der Waals surface area (Å²) in [7, 11) is 0. The lowest BCUT2D eigenvalue weighted by Crippen LogP contribution is -1.98. The molecule has 0 spiro atoms. The summed E-state index contributed by atoms with van der Waals surface area (Å²) < 4.78 is 4.63. The van der Waals surface area contributed by atoms with Crippen LogP contribution in [0.2, 0.25) is 0 Å². The fraction of sp³-hybridized carbons (Fsp3) is 0.375. The Labute approximate surface area is 61.2 Å². The molecule has 0 bridgehead atoms. The highest BCUT2D eigenvalue weighted by molar-refractivity contribution is 5.82. The highest BCUT2D eigenvalue weighted by atomic mass is 16.5. The number of allylic oxidation sites excluding steroid dienone is 3. The maximum atomic E-state index is 10.6. The van der Waals surface area contributed by atoms with Crippen molar-refractivity contribution in [1.29, 1.82) is 0 Å². The van der Waals surface area contributed by atoms with Crippen molar-refractivity contribution in [2.75, 3.05) is 6.61 Å². The highest BCUT2D eigenvalue weighted by Gasteiger charge is 1.89. The average Bonchev–Trinajstić information content (AvgIpc) is 1.89. The summed E-state index contributed by atoms with van der Waals surface area (Å²) in [6.07, 6.45) is 6.66. The van der Waals surface area contributed by atoms with E-state index in [2.05, 4.69) is 4.74 Å². The highest BCUT2D eigenvalue weighted by Crippen LogP contribution is 1.81. The van der Waals surface area contributed by atoms with Crippen molar-refractivity contribution in [3.8, 4) is 0 Å². The molecule has 0 atom stereocenters. The van der Waals surface area contributed by atoms with Gasteiger partial charge in [-0.15, -0.1) is 0 Å². The lowest BCUT2D eigenvalue weighted by molar-refractivity contribution is -0.137. The Bertz CT molecular complexity index is 145. The van der Waals surface area contributed by atoms with Crippen LogP contribution in [0.25, 0.3) is 0 Å². The smallest absolute Gasteiger partial charge is 0.330 e. The molecule has 0 N–H and O–H groups in total. The van der Waals surface area contributed by atoms with Gasteiger partial charge >= 0.3 is 5.97 Å². The third-order valence-corrected chi connectivity index (χ3v) is 0.822. The predicted octanol–water partition coefficient (Wildman–Crippen LogP) is 1.68. The van der Waals surface area contributed by atoms with Gasteiger partial charge < -0.3 is 4.74 Å². The molecule has 0 aromatic heterocycles. The van der Waals surface area contributed by atoms with Crippen LogP contribution in [0.3, 0.4) is 0 Å². The number of hydrogen-bond acceptors (Lipinski definition) is 2. The fourth-order valence-corrected chi connectivity index (χ4v) is 0.436. The molecule has 0 amide bonds. The monoisotopic (exact) mass is 140 g/mol. The Balaban J connectivity index is 3.56. The summed E-state index contributed by atoms with van der Waals surface area (Å²) in [5.41, 5.74) is 0. The number of hydrogen-bond donors (Lipinski definition) is 0. The van der Waals surface area contributed by atoms with Crippen molar-refractivity contribution in [2.24, 2.45) is 0 Å². The summed E-state index contributed by atoms with van der Waals surface area (Å²) in [5.74, 6) is -0.291. The van der Waals surface area contributed by atoms with Crippen LogP contribution in [-0.2, 0) is 9.53 Å². The van der Waals surface area contributed by atoms with Gasteiger partial charge in [-0.25, -0.2) is 4.79 Å². The van der Waals surface area contributed by atoms with E-state index in [0.29, 0.717) is 6.61 Å². The molecule has 10 heavy (non-hydrogen) atoms. The molecule has 0 aliphatic rings. The molecule has 0 aliphatic carbocycles. The van der Waals surface area contributed by atoms with E-state index < -0.39 is 0 Å². The zero-order chi connectivity index (χ0) is 7.82. The van der Waals surface area contributed by atoms with Gasteiger partial charge in [0.25, 0.3) is 0 Å². The Morgan fingerprint density at radius 3 is 2.70 bits per heavy atom. The molecule has 0 heterocycles. The Morgan fingerprint density at radius 1 is 1.50 bits per heavy atom. The first-order chi connectivity index (χ1) is 4.81. The van der Waals surface area contributed by atoms with Crippen LogP contribution in [0, 0.1) is 0 Å². The first-order valence-corrected chi connectivity index (χ1v) is 3.27. The SMILES string of the molecule is CC=CC=CC(=O)OCC. The van der Waals surface area contributed by atoms with Gasteiger partial charge in [-0.1, -0.05) is 18.2 Å². The first-order valence-electron chi connectivity index (χ1n) is 3.27. The van der Waals surface area contributed by atoms with Crippen LogP contribution in [-0.4, -0.2) is 12.6 Å². The molecule has 0 unspecified atom stereocenters. The lowest BCUT2D eigenvalue weighted by atomic mass is 10.4. The van der Waals surface area contributed by atoms with E-state index in [9.17, 15) is 4.79 Å². The van der Waals surface area contributed by atoms with E-state index in [0.717, 1.165) is 0 Å². The van der Waals surface area contributed by atoms with Crippen molar-refractivity contribution < 1.29 is 9.53 Å². The largest absolute Gasteiger partial charge is 0.463 e. The quantitative estimate of drug-likeness (QED) is 0.338. The minimum Gasteiger partial charge on any atom is -0.463 e. The normalized spacial score (nSPS) is 11.0. The van der Waals surface area contributed by atoms with Crippen LogP contribution in [0.5, 0.6) is 0 Å². The van der Waals surface area contributed by atoms with Gasteiger partial charge in [-0.3, -0.25) is 0 Å². The third kappa shape index (κ3) is 5.09. The van der Waals surface area contributed by atoms with Crippen LogP contribution in [0.1, 0.15) is 13.8 Å².